The minimum atomic E-state index is -0.394. The fraction of sp³-hybridized carbons (Fsp3) is 0.727. The van der Waals surface area contributed by atoms with Crippen LogP contribution in [0.3, 0.4) is 0 Å². The fourth-order valence-electron chi connectivity index (χ4n) is 2.23. The van der Waals surface area contributed by atoms with Crippen molar-refractivity contribution in [3.63, 3.8) is 0 Å². The molecule has 1 aliphatic rings. The average Bonchev–Trinajstić information content (AvgIpc) is 2.92. The van der Waals surface area contributed by atoms with Crippen LogP contribution in [0.5, 0.6) is 0 Å². The third kappa shape index (κ3) is 2.57. The molecule has 1 aromatic heterocycles. The molecule has 0 aliphatic heterocycles. The number of nitrogens with zero attached hydrogens (tertiary/aromatic N) is 3. The first-order valence-corrected chi connectivity index (χ1v) is 5.98. The number of hydrogen-bond acceptors (Lipinski definition) is 4. The topological polar surface area (TPSA) is 73.0 Å². The van der Waals surface area contributed by atoms with E-state index in [1.54, 1.807) is 7.05 Å². The molecule has 0 saturated heterocycles. The molecule has 0 atom stereocenters. The van der Waals surface area contributed by atoms with Gasteiger partial charge in [0, 0.05) is 13.6 Å². The van der Waals surface area contributed by atoms with Crippen molar-refractivity contribution in [2.24, 2.45) is 12.5 Å². The average molecular weight is 238 g/mol. The highest BCUT2D eigenvalue weighted by atomic mass is 16.6. The summed E-state index contributed by atoms with van der Waals surface area (Å²) in [6, 6.07) is 0. The molecule has 94 valence electrons. The zero-order valence-electron chi connectivity index (χ0n) is 10.3. The molecule has 1 aliphatic carbocycles. The van der Waals surface area contributed by atoms with E-state index in [0.29, 0.717) is 11.2 Å². The predicted molar refractivity (Wildman–Crippen MR) is 64.9 cm³/mol. The first-order valence-electron chi connectivity index (χ1n) is 5.98. The summed E-state index contributed by atoms with van der Waals surface area (Å²) in [5.74, 6) is 0.389. The van der Waals surface area contributed by atoms with Gasteiger partial charge in [-0.05, 0) is 24.7 Å². The highest BCUT2D eigenvalue weighted by Crippen LogP contribution is 2.49. The van der Waals surface area contributed by atoms with Gasteiger partial charge in [0.25, 0.3) is 0 Å². The number of nitrogens with one attached hydrogen (secondary N) is 1. The van der Waals surface area contributed by atoms with Crippen molar-refractivity contribution < 1.29 is 4.92 Å². The number of aryl methyl sites for hydroxylation is 1. The lowest BCUT2D eigenvalue weighted by molar-refractivity contribution is -0.384. The van der Waals surface area contributed by atoms with Gasteiger partial charge in [-0.25, -0.2) is 0 Å². The molecule has 1 heterocycles. The van der Waals surface area contributed by atoms with Gasteiger partial charge >= 0.3 is 5.69 Å². The summed E-state index contributed by atoms with van der Waals surface area (Å²) in [6.07, 6.45) is 6.21. The quantitative estimate of drug-likeness (QED) is 0.609. The van der Waals surface area contributed by atoms with Crippen LogP contribution < -0.4 is 5.32 Å². The van der Waals surface area contributed by atoms with Crippen molar-refractivity contribution in [1.82, 2.24) is 9.78 Å². The minimum Gasteiger partial charge on any atom is -0.362 e. The number of nitro groups is 1. The lowest BCUT2D eigenvalue weighted by atomic mass is 10.0. The normalized spacial score (nSPS) is 16.8. The van der Waals surface area contributed by atoms with Crippen LogP contribution in [0.25, 0.3) is 0 Å². The summed E-state index contributed by atoms with van der Waals surface area (Å²) in [5, 5.41) is 18.0. The van der Waals surface area contributed by atoms with Gasteiger partial charge in [0.2, 0.25) is 5.82 Å². The van der Waals surface area contributed by atoms with E-state index in [1.807, 2.05) is 0 Å². The van der Waals surface area contributed by atoms with Gasteiger partial charge in [0.1, 0.15) is 6.20 Å². The van der Waals surface area contributed by atoms with Crippen LogP contribution in [-0.2, 0) is 7.05 Å². The second-order valence-corrected chi connectivity index (χ2v) is 4.90. The van der Waals surface area contributed by atoms with Crippen molar-refractivity contribution in [2.45, 2.75) is 32.6 Å². The van der Waals surface area contributed by atoms with Gasteiger partial charge in [0.15, 0.2) is 0 Å². The van der Waals surface area contributed by atoms with Crippen LogP contribution in [0.4, 0.5) is 11.5 Å². The van der Waals surface area contributed by atoms with Crippen LogP contribution in [0.2, 0.25) is 0 Å². The zero-order valence-corrected chi connectivity index (χ0v) is 10.3. The van der Waals surface area contributed by atoms with E-state index >= 15 is 0 Å². The second kappa shape index (κ2) is 4.35. The Morgan fingerprint density at radius 2 is 2.35 bits per heavy atom. The van der Waals surface area contributed by atoms with E-state index in [0.717, 1.165) is 13.0 Å². The Balaban J connectivity index is 2.01. The molecule has 1 aromatic rings. The molecule has 6 nitrogen and oxygen atoms in total. The van der Waals surface area contributed by atoms with Crippen molar-refractivity contribution in [2.75, 3.05) is 11.9 Å². The summed E-state index contributed by atoms with van der Waals surface area (Å²) in [4.78, 5) is 10.4. The van der Waals surface area contributed by atoms with Gasteiger partial charge in [-0.1, -0.05) is 13.3 Å². The van der Waals surface area contributed by atoms with Crippen LogP contribution in [-0.4, -0.2) is 21.2 Å². The molecular formula is C11H18N4O2. The summed E-state index contributed by atoms with van der Waals surface area (Å²) >= 11 is 0. The number of anilines is 1. The zero-order chi connectivity index (χ0) is 12.5. The van der Waals surface area contributed by atoms with Crippen LogP contribution in [0, 0.1) is 15.5 Å². The lowest BCUT2D eigenvalue weighted by Crippen LogP contribution is -2.16. The Morgan fingerprint density at radius 1 is 1.65 bits per heavy atom. The maximum absolute atomic E-state index is 10.8. The van der Waals surface area contributed by atoms with Crippen molar-refractivity contribution in [3.05, 3.63) is 16.3 Å². The number of aromatic nitrogens is 2. The van der Waals surface area contributed by atoms with Gasteiger partial charge < -0.3 is 5.32 Å². The second-order valence-electron chi connectivity index (χ2n) is 4.90. The largest absolute Gasteiger partial charge is 0.362 e. The summed E-state index contributed by atoms with van der Waals surface area (Å²) in [5.41, 5.74) is 0.417. The molecule has 2 rings (SSSR count). The number of hydrogen-bond donors (Lipinski definition) is 1. The minimum absolute atomic E-state index is 0.0554. The molecule has 1 saturated carbocycles. The van der Waals surface area contributed by atoms with Gasteiger partial charge in [-0.3, -0.25) is 14.8 Å². The fourth-order valence-corrected chi connectivity index (χ4v) is 2.23. The van der Waals surface area contributed by atoms with E-state index in [1.165, 1.54) is 30.1 Å². The van der Waals surface area contributed by atoms with E-state index in [9.17, 15) is 10.1 Å². The maximum Gasteiger partial charge on any atom is 0.330 e. The molecule has 0 unspecified atom stereocenters. The highest BCUT2D eigenvalue weighted by molar-refractivity contribution is 5.54. The number of rotatable bonds is 6. The Bertz CT molecular complexity index is 423. The molecule has 0 amide bonds. The summed E-state index contributed by atoms with van der Waals surface area (Å²) in [6.45, 7) is 2.96. The molecule has 0 radical (unpaired) electrons. The van der Waals surface area contributed by atoms with Gasteiger partial charge in [-0.15, -0.1) is 5.10 Å². The molecular weight excluding hydrogens is 220 g/mol. The van der Waals surface area contributed by atoms with Gasteiger partial charge in [0.05, 0.1) is 4.92 Å². The first-order chi connectivity index (χ1) is 8.06. The Hall–Kier alpha value is -1.59. The van der Waals surface area contributed by atoms with E-state index < -0.39 is 4.92 Å². The lowest BCUT2D eigenvalue weighted by Gasteiger charge is -2.13. The monoisotopic (exact) mass is 238 g/mol. The Kier molecular flexibility index (Phi) is 3.04. The molecule has 1 N–H and O–H groups in total. The third-order valence-corrected chi connectivity index (χ3v) is 3.37. The maximum atomic E-state index is 10.8. The molecule has 0 aromatic carbocycles. The van der Waals surface area contributed by atoms with E-state index in [-0.39, 0.29) is 5.69 Å². The SMILES string of the molecule is CCCC1(CNc2nn(C)cc2[N+](=O)[O-])CC1. The Morgan fingerprint density at radius 3 is 2.88 bits per heavy atom. The summed E-state index contributed by atoms with van der Waals surface area (Å²) < 4.78 is 1.47. The van der Waals surface area contributed by atoms with Crippen molar-refractivity contribution in [3.8, 4) is 0 Å². The molecule has 0 bridgehead atoms. The van der Waals surface area contributed by atoms with Crippen molar-refractivity contribution in [1.29, 1.82) is 0 Å². The molecule has 0 spiro atoms. The third-order valence-electron chi connectivity index (χ3n) is 3.37. The standard InChI is InChI=1S/C11H18N4O2/c1-3-4-11(5-6-11)8-12-10-9(15(16)17)7-14(2)13-10/h7H,3-6,8H2,1-2H3,(H,12,13). The smallest absolute Gasteiger partial charge is 0.330 e. The van der Waals surface area contributed by atoms with E-state index in [4.69, 9.17) is 0 Å². The van der Waals surface area contributed by atoms with Gasteiger partial charge in [-0.2, -0.15) is 0 Å². The van der Waals surface area contributed by atoms with Crippen molar-refractivity contribution >= 4 is 11.5 Å². The molecule has 17 heavy (non-hydrogen) atoms. The van der Waals surface area contributed by atoms with E-state index in [2.05, 4.69) is 17.3 Å². The van der Waals surface area contributed by atoms with Crippen LogP contribution >= 0.6 is 0 Å². The van der Waals surface area contributed by atoms with Crippen LogP contribution in [0.1, 0.15) is 32.6 Å². The first kappa shape index (κ1) is 11.9. The Labute approximate surface area is 100 Å². The van der Waals surface area contributed by atoms with Crippen LogP contribution in [0.15, 0.2) is 6.20 Å². The molecule has 1 fully saturated rings. The predicted octanol–water partition coefficient (Wildman–Crippen LogP) is 2.32. The summed E-state index contributed by atoms with van der Waals surface area (Å²) in [7, 11) is 1.69. The highest BCUT2D eigenvalue weighted by Gasteiger charge is 2.41. The molecule has 6 heteroatoms.